The van der Waals surface area contributed by atoms with Crippen molar-refractivity contribution in [1.82, 2.24) is 16.0 Å². The van der Waals surface area contributed by atoms with Crippen molar-refractivity contribution in [2.75, 3.05) is 20.1 Å². The molecule has 0 aliphatic rings. The van der Waals surface area contributed by atoms with Gasteiger partial charge in [-0.2, -0.15) is 0 Å². The lowest BCUT2D eigenvalue weighted by Gasteiger charge is -2.13. The molecule has 0 spiro atoms. The third kappa shape index (κ3) is 7.39. The third-order valence-corrected chi connectivity index (χ3v) is 4.01. The molecule has 0 saturated heterocycles. The molecule has 0 fully saturated rings. The quantitative estimate of drug-likeness (QED) is 0.242. The van der Waals surface area contributed by atoms with Crippen molar-refractivity contribution in [3.05, 3.63) is 69.7 Å². The van der Waals surface area contributed by atoms with Crippen LogP contribution in [0.25, 0.3) is 0 Å². The first kappa shape index (κ1) is 22.5. The van der Waals surface area contributed by atoms with Crippen molar-refractivity contribution in [1.29, 1.82) is 0 Å². The monoisotopic (exact) mass is 506 g/mol. The van der Waals surface area contributed by atoms with Crippen LogP contribution in [0, 0.1) is 0 Å². The summed E-state index contributed by atoms with van der Waals surface area (Å²) in [5.74, 6) is 0.526. The number of amides is 1. The summed E-state index contributed by atoms with van der Waals surface area (Å²) in [5.41, 5.74) is 1.56. The van der Waals surface area contributed by atoms with E-state index in [0.29, 0.717) is 41.2 Å². The first-order valence-corrected chi connectivity index (χ1v) is 8.57. The van der Waals surface area contributed by atoms with Gasteiger partial charge in [0.2, 0.25) is 0 Å². The Balaban J connectivity index is 0.00000338. The highest BCUT2D eigenvalue weighted by Gasteiger charge is 2.05. The zero-order valence-electron chi connectivity index (χ0n) is 14.3. The van der Waals surface area contributed by atoms with E-state index < -0.39 is 0 Å². The van der Waals surface area contributed by atoms with Crippen LogP contribution in [-0.4, -0.2) is 32.0 Å². The number of nitrogens with zero attached hydrogens (tertiary/aromatic N) is 1. The zero-order chi connectivity index (χ0) is 18.1. The Hall–Kier alpha value is -1.51. The number of halogens is 3. The Morgan fingerprint density at radius 2 is 1.69 bits per heavy atom. The van der Waals surface area contributed by atoms with Crippen LogP contribution in [0.2, 0.25) is 10.0 Å². The fourth-order valence-corrected chi connectivity index (χ4v) is 2.59. The number of aliphatic imine (C=N–C) groups is 1. The standard InChI is InChI=1S/C18H20Cl2N4O.HI/c1-21-18(24-12-14-7-8-15(19)11-16(14)20)23-10-9-22-17(25)13-5-3-2-4-6-13;/h2-8,11H,9-10,12H2,1H3,(H,22,25)(H2,21,23,24);1H. The lowest BCUT2D eigenvalue weighted by Crippen LogP contribution is -2.41. The largest absolute Gasteiger partial charge is 0.355 e. The molecule has 0 aliphatic heterocycles. The summed E-state index contributed by atoms with van der Waals surface area (Å²) < 4.78 is 0. The number of hydrogen-bond donors (Lipinski definition) is 3. The lowest BCUT2D eigenvalue weighted by atomic mass is 10.2. The van der Waals surface area contributed by atoms with E-state index in [4.69, 9.17) is 23.2 Å². The molecule has 2 rings (SSSR count). The van der Waals surface area contributed by atoms with E-state index in [-0.39, 0.29) is 29.9 Å². The molecule has 8 heteroatoms. The maximum Gasteiger partial charge on any atom is 0.251 e. The van der Waals surface area contributed by atoms with Crippen LogP contribution in [0.5, 0.6) is 0 Å². The molecule has 0 radical (unpaired) electrons. The molecule has 0 bridgehead atoms. The molecule has 3 N–H and O–H groups in total. The molecule has 140 valence electrons. The van der Waals surface area contributed by atoms with Crippen molar-refractivity contribution >= 4 is 59.0 Å². The van der Waals surface area contributed by atoms with Gasteiger partial charge < -0.3 is 16.0 Å². The number of guanidine groups is 1. The number of hydrogen-bond acceptors (Lipinski definition) is 2. The molecule has 0 heterocycles. The first-order chi connectivity index (χ1) is 12.1. The van der Waals surface area contributed by atoms with E-state index in [2.05, 4.69) is 20.9 Å². The van der Waals surface area contributed by atoms with Crippen molar-refractivity contribution in [3.8, 4) is 0 Å². The Morgan fingerprint density at radius 3 is 2.35 bits per heavy atom. The van der Waals surface area contributed by atoms with Gasteiger partial charge in [0.05, 0.1) is 0 Å². The number of benzene rings is 2. The summed E-state index contributed by atoms with van der Waals surface area (Å²) in [6, 6.07) is 14.5. The smallest absolute Gasteiger partial charge is 0.251 e. The van der Waals surface area contributed by atoms with Crippen LogP contribution >= 0.6 is 47.2 Å². The fourth-order valence-electron chi connectivity index (χ4n) is 2.11. The van der Waals surface area contributed by atoms with E-state index in [0.717, 1.165) is 5.56 Å². The highest BCUT2D eigenvalue weighted by molar-refractivity contribution is 14.0. The van der Waals surface area contributed by atoms with Gasteiger partial charge in [-0.15, -0.1) is 24.0 Å². The first-order valence-electron chi connectivity index (χ1n) is 7.82. The van der Waals surface area contributed by atoms with E-state index in [9.17, 15) is 4.79 Å². The van der Waals surface area contributed by atoms with Gasteiger partial charge in [-0.25, -0.2) is 0 Å². The summed E-state index contributed by atoms with van der Waals surface area (Å²) >= 11 is 12.0. The molecule has 26 heavy (non-hydrogen) atoms. The number of carbonyl (C=O) groups excluding carboxylic acids is 1. The molecule has 5 nitrogen and oxygen atoms in total. The highest BCUT2D eigenvalue weighted by Crippen LogP contribution is 2.20. The molecule has 0 aromatic heterocycles. The van der Waals surface area contributed by atoms with Gasteiger partial charge in [-0.3, -0.25) is 9.79 Å². The molecular formula is C18H21Cl2IN4O. The molecular weight excluding hydrogens is 486 g/mol. The maximum absolute atomic E-state index is 11.9. The summed E-state index contributed by atoms with van der Waals surface area (Å²) in [6.45, 7) is 1.55. The maximum atomic E-state index is 11.9. The molecule has 0 atom stereocenters. The van der Waals surface area contributed by atoms with Crippen LogP contribution in [0.15, 0.2) is 53.5 Å². The summed E-state index contributed by atoms with van der Waals surface area (Å²) in [7, 11) is 1.68. The van der Waals surface area contributed by atoms with Crippen molar-refractivity contribution < 1.29 is 4.79 Å². The van der Waals surface area contributed by atoms with Crippen LogP contribution < -0.4 is 16.0 Å². The van der Waals surface area contributed by atoms with Crippen molar-refractivity contribution in [2.24, 2.45) is 4.99 Å². The lowest BCUT2D eigenvalue weighted by molar-refractivity contribution is 0.0954. The van der Waals surface area contributed by atoms with Crippen LogP contribution in [-0.2, 0) is 6.54 Å². The minimum atomic E-state index is -0.0988. The van der Waals surface area contributed by atoms with Crippen molar-refractivity contribution in [2.45, 2.75) is 6.54 Å². The van der Waals surface area contributed by atoms with E-state index in [1.807, 2.05) is 24.3 Å². The van der Waals surface area contributed by atoms with E-state index >= 15 is 0 Å². The number of rotatable bonds is 6. The second kappa shape index (κ2) is 12.0. The SMILES string of the molecule is CN=C(NCCNC(=O)c1ccccc1)NCc1ccc(Cl)cc1Cl.I. The summed E-state index contributed by atoms with van der Waals surface area (Å²) in [4.78, 5) is 16.1. The normalized spacial score (nSPS) is 10.7. The van der Waals surface area contributed by atoms with Crippen LogP contribution in [0.1, 0.15) is 15.9 Å². The minimum absolute atomic E-state index is 0. The third-order valence-electron chi connectivity index (χ3n) is 3.42. The van der Waals surface area contributed by atoms with Gasteiger partial charge in [0.1, 0.15) is 0 Å². The average molecular weight is 507 g/mol. The van der Waals surface area contributed by atoms with Gasteiger partial charge in [0.15, 0.2) is 5.96 Å². The molecule has 0 saturated carbocycles. The molecule has 0 aliphatic carbocycles. The summed E-state index contributed by atoms with van der Waals surface area (Å²) in [5, 5.41) is 10.3. The Kier molecular flexibility index (Phi) is 10.4. The fraction of sp³-hybridized carbons (Fsp3) is 0.222. The average Bonchev–Trinajstić information content (AvgIpc) is 2.63. The molecule has 1 amide bonds. The Morgan fingerprint density at radius 1 is 1.00 bits per heavy atom. The van der Waals surface area contributed by atoms with Crippen LogP contribution in [0.3, 0.4) is 0 Å². The number of nitrogens with one attached hydrogen (secondary N) is 3. The Labute approximate surface area is 180 Å². The highest BCUT2D eigenvalue weighted by atomic mass is 127. The van der Waals surface area contributed by atoms with Gasteiger partial charge in [-0.05, 0) is 29.8 Å². The Bertz CT molecular complexity index is 741. The predicted molar refractivity (Wildman–Crippen MR) is 119 cm³/mol. The second-order valence-electron chi connectivity index (χ2n) is 5.21. The topological polar surface area (TPSA) is 65.5 Å². The summed E-state index contributed by atoms with van der Waals surface area (Å²) in [6.07, 6.45) is 0. The molecule has 0 unspecified atom stereocenters. The van der Waals surface area contributed by atoms with E-state index in [1.165, 1.54) is 0 Å². The number of carbonyl (C=O) groups is 1. The van der Waals surface area contributed by atoms with E-state index in [1.54, 1.807) is 31.3 Å². The molecule has 2 aromatic carbocycles. The van der Waals surface area contributed by atoms with Gasteiger partial charge in [0, 0.05) is 42.3 Å². The minimum Gasteiger partial charge on any atom is -0.355 e. The van der Waals surface area contributed by atoms with Gasteiger partial charge >= 0.3 is 0 Å². The van der Waals surface area contributed by atoms with Crippen molar-refractivity contribution in [3.63, 3.8) is 0 Å². The van der Waals surface area contributed by atoms with Crippen LogP contribution in [0.4, 0.5) is 0 Å². The van der Waals surface area contributed by atoms with Gasteiger partial charge in [0.25, 0.3) is 5.91 Å². The predicted octanol–water partition coefficient (Wildman–Crippen LogP) is 3.71. The zero-order valence-corrected chi connectivity index (χ0v) is 18.1. The molecule has 2 aromatic rings. The second-order valence-corrected chi connectivity index (χ2v) is 6.05. The van der Waals surface area contributed by atoms with Gasteiger partial charge in [-0.1, -0.05) is 47.5 Å².